The highest BCUT2D eigenvalue weighted by atomic mass is 16.5. The topological polar surface area (TPSA) is 59.0 Å². The Morgan fingerprint density at radius 1 is 1.38 bits per heavy atom. The third-order valence-electron chi connectivity index (χ3n) is 2.62. The quantitative estimate of drug-likeness (QED) is 0.843. The fourth-order valence-electron chi connectivity index (χ4n) is 1.24. The maximum atomic E-state index is 8.74. The minimum absolute atomic E-state index is 0.461. The van der Waals surface area contributed by atoms with Crippen molar-refractivity contribution in [3.05, 3.63) is 29.3 Å². The van der Waals surface area contributed by atoms with Crippen LogP contribution in [0.1, 0.15) is 24.5 Å². The van der Waals surface area contributed by atoms with Crippen LogP contribution < -0.4 is 10.5 Å². The summed E-state index contributed by atoms with van der Waals surface area (Å²) in [6.07, 6.45) is 0.524. The van der Waals surface area contributed by atoms with Crippen molar-refractivity contribution in [1.29, 1.82) is 5.26 Å². The first-order chi connectivity index (χ1) is 7.44. The van der Waals surface area contributed by atoms with Crippen LogP contribution in [0.3, 0.4) is 0 Å². The summed E-state index contributed by atoms with van der Waals surface area (Å²) in [4.78, 5) is 0. The van der Waals surface area contributed by atoms with Crippen LogP contribution in [0, 0.1) is 25.2 Å². The van der Waals surface area contributed by atoms with Crippen molar-refractivity contribution in [2.75, 3.05) is 6.61 Å². The molecule has 1 unspecified atom stereocenters. The number of aryl methyl sites for hydroxylation is 2. The Bertz CT molecular complexity index is 405. The van der Waals surface area contributed by atoms with Gasteiger partial charge in [0.1, 0.15) is 11.3 Å². The van der Waals surface area contributed by atoms with Gasteiger partial charge in [0.05, 0.1) is 12.7 Å². The molecule has 3 nitrogen and oxygen atoms in total. The Balaban J connectivity index is 2.50. The van der Waals surface area contributed by atoms with Gasteiger partial charge in [0, 0.05) is 6.42 Å². The molecule has 0 saturated heterocycles. The van der Waals surface area contributed by atoms with Crippen LogP contribution in [0.25, 0.3) is 0 Å². The fourth-order valence-corrected chi connectivity index (χ4v) is 1.24. The number of nitrogens with zero attached hydrogens (tertiary/aromatic N) is 1. The number of nitrogens with two attached hydrogens (primary N) is 1. The molecule has 1 rings (SSSR count). The van der Waals surface area contributed by atoms with Crippen LogP contribution in [0.4, 0.5) is 0 Å². The van der Waals surface area contributed by atoms with E-state index in [1.807, 2.05) is 31.2 Å². The van der Waals surface area contributed by atoms with Gasteiger partial charge in [-0.2, -0.15) is 5.26 Å². The Kier molecular flexibility index (Phi) is 3.92. The molecule has 0 saturated carbocycles. The van der Waals surface area contributed by atoms with E-state index in [0.717, 1.165) is 5.75 Å². The first-order valence-corrected chi connectivity index (χ1v) is 5.35. The van der Waals surface area contributed by atoms with Crippen molar-refractivity contribution in [3.8, 4) is 11.8 Å². The lowest BCUT2D eigenvalue weighted by molar-refractivity contribution is 0.286. The summed E-state index contributed by atoms with van der Waals surface area (Å²) in [5.41, 5.74) is 7.33. The lowest BCUT2D eigenvalue weighted by atomic mass is 10.0. The number of nitriles is 1. The van der Waals surface area contributed by atoms with Gasteiger partial charge in [-0.1, -0.05) is 6.07 Å². The van der Waals surface area contributed by atoms with Gasteiger partial charge in [0.2, 0.25) is 0 Å². The second-order valence-corrected chi connectivity index (χ2v) is 4.37. The molecule has 0 aromatic heterocycles. The number of ether oxygens (including phenoxy) is 1. The van der Waals surface area contributed by atoms with Gasteiger partial charge in [-0.05, 0) is 44.0 Å². The van der Waals surface area contributed by atoms with E-state index in [0.29, 0.717) is 13.0 Å². The second kappa shape index (κ2) is 5.00. The molecule has 0 bridgehead atoms. The molecule has 0 aliphatic heterocycles. The number of hydrogen-bond acceptors (Lipinski definition) is 3. The molecule has 0 aliphatic rings. The molecule has 0 heterocycles. The Labute approximate surface area is 96.8 Å². The van der Waals surface area contributed by atoms with Crippen LogP contribution in [-0.2, 0) is 0 Å². The largest absolute Gasteiger partial charge is 0.493 e. The lowest BCUT2D eigenvalue weighted by Gasteiger charge is -2.15. The van der Waals surface area contributed by atoms with E-state index >= 15 is 0 Å². The van der Waals surface area contributed by atoms with Gasteiger partial charge < -0.3 is 10.5 Å². The molecular formula is C13H18N2O. The third-order valence-corrected chi connectivity index (χ3v) is 2.62. The van der Waals surface area contributed by atoms with Crippen molar-refractivity contribution >= 4 is 0 Å². The first-order valence-electron chi connectivity index (χ1n) is 5.35. The Morgan fingerprint density at radius 3 is 2.62 bits per heavy atom. The molecule has 0 radical (unpaired) electrons. The summed E-state index contributed by atoms with van der Waals surface area (Å²) in [6, 6.07) is 8.00. The minimum atomic E-state index is -0.806. The van der Waals surface area contributed by atoms with Crippen molar-refractivity contribution in [1.82, 2.24) is 0 Å². The molecule has 0 aliphatic carbocycles. The van der Waals surface area contributed by atoms with Crippen molar-refractivity contribution in [3.63, 3.8) is 0 Å². The van der Waals surface area contributed by atoms with Crippen LogP contribution >= 0.6 is 0 Å². The highest BCUT2D eigenvalue weighted by Gasteiger charge is 2.16. The zero-order chi connectivity index (χ0) is 12.2. The molecule has 1 aromatic rings. The van der Waals surface area contributed by atoms with Crippen molar-refractivity contribution in [2.45, 2.75) is 32.7 Å². The van der Waals surface area contributed by atoms with Crippen molar-refractivity contribution < 1.29 is 4.74 Å². The summed E-state index contributed by atoms with van der Waals surface area (Å²) in [5.74, 6) is 0.830. The van der Waals surface area contributed by atoms with Crippen LogP contribution in [0.5, 0.6) is 5.75 Å². The zero-order valence-corrected chi connectivity index (χ0v) is 10.1. The molecule has 1 atom stereocenters. The monoisotopic (exact) mass is 218 g/mol. The SMILES string of the molecule is Cc1ccc(OCCC(C)(N)C#N)cc1C. The summed E-state index contributed by atoms with van der Waals surface area (Å²) < 4.78 is 5.55. The number of benzene rings is 1. The second-order valence-electron chi connectivity index (χ2n) is 4.37. The van der Waals surface area contributed by atoms with Crippen molar-refractivity contribution in [2.24, 2.45) is 5.73 Å². The predicted octanol–water partition coefficient (Wildman–Crippen LogP) is 2.31. The van der Waals surface area contributed by atoms with Gasteiger partial charge in [-0.15, -0.1) is 0 Å². The average molecular weight is 218 g/mol. The van der Waals surface area contributed by atoms with E-state index in [4.69, 9.17) is 15.7 Å². The molecule has 0 spiro atoms. The van der Waals surface area contributed by atoms with Gasteiger partial charge >= 0.3 is 0 Å². The van der Waals surface area contributed by atoms with E-state index in [9.17, 15) is 0 Å². The van der Waals surface area contributed by atoms with Gasteiger partial charge in [0.15, 0.2) is 0 Å². The Hall–Kier alpha value is -1.53. The predicted molar refractivity (Wildman–Crippen MR) is 64.2 cm³/mol. The van der Waals surface area contributed by atoms with E-state index in [-0.39, 0.29) is 0 Å². The third kappa shape index (κ3) is 3.56. The number of hydrogen-bond donors (Lipinski definition) is 1. The molecule has 16 heavy (non-hydrogen) atoms. The molecule has 86 valence electrons. The van der Waals surface area contributed by atoms with Gasteiger partial charge in [-0.25, -0.2) is 0 Å². The van der Waals surface area contributed by atoms with E-state index in [1.165, 1.54) is 11.1 Å². The molecule has 0 fully saturated rings. The first kappa shape index (κ1) is 12.5. The molecule has 3 heteroatoms. The van der Waals surface area contributed by atoms with Crippen LogP contribution in [0.2, 0.25) is 0 Å². The average Bonchev–Trinajstić information content (AvgIpc) is 2.23. The highest BCUT2D eigenvalue weighted by Crippen LogP contribution is 2.17. The summed E-state index contributed by atoms with van der Waals surface area (Å²) >= 11 is 0. The summed E-state index contributed by atoms with van der Waals surface area (Å²) in [6.45, 7) is 6.27. The maximum absolute atomic E-state index is 8.74. The summed E-state index contributed by atoms with van der Waals surface area (Å²) in [7, 11) is 0. The van der Waals surface area contributed by atoms with Crippen LogP contribution in [-0.4, -0.2) is 12.1 Å². The van der Waals surface area contributed by atoms with Crippen LogP contribution in [0.15, 0.2) is 18.2 Å². The van der Waals surface area contributed by atoms with Gasteiger partial charge in [-0.3, -0.25) is 0 Å². The van der Waals surface area contributed by atoms with Gasteiger partial charge in [0.25, 0.3) is 0 Å². The molecule has 1 aromatic carbocycles. The zero-order valence-electron chi connectivity index (χ0n) is 10.1. The Morgan fingerprint density at radius 2 is 2.06 bits per heavy atom. The minimum Gasteiger partial charge on any atom is -0.493 e. The smallest absolute Gasteiger partial charge is 0.119 e. The summed E-state index contributed by atoms with van der Waals surface area (Å²) in [5, 5.41) is 8.74. The molecule has 2 N–H and O–H groups in total. The lowest BCUT2D eigenvalue weighted by Crippen LogP contribution is -2.35. The van der Waals surface area contributed by atoms with E-state index in [1.54, 1.807) is 6.92 Å². The normalized spacial score (nSPS) is 13.9. The van der Waals surface area contributed by atoms with E-state index < -0.39 is 5.54 Å². The fraction of sp³-hybridized carbons (Fsp3) is 0.462. The van der Waals surface area contributed by atoms with E-state index in [2.05, 4.69) is 6.92 Å². The molecule has 0 amide bonds. The number of rotatable bonds is 4. The maximum Gasteiger partial charge on any atom is 0.119 e. The highest BCUT2D eigenvalue weighted by molar-refractivity contribution is 5.33. The standard InChI is InChI=1S/C13H18N2O/c1-10-4-5-12(8-11(10)2)16-7-6-13(3,15)9-14/h4-5,8H,6-7,15H2,1-3H3. The molecular weight excluding hydrogens is 200 g/mol.